The van der Waals surface area contributed by atoms with Crippen LogP contribution in [0.3, 0.4) is 0 Å². The largest absolute Gasteiger partial charge is 0.478 e. The highest BCUT2D eigenvalue weighted by Gasteiger charge is 2.12. The van der Waals surface area contributed by atoms with Crippen molar-refractivity contribution in [2.75, 3.05) is 0 Å². The Labute approximate surface area is 124 Å². The molecule has 0 aliphatic heterocycles. The number of nitrogens with one attached hydrogen (secondary N) is 1. The summed E-state index contributed by atoms with van der Waals surface area (Å²) in [6.07, 6.45) is 4.68. The predicted molar refractivity (Wildman–Crippen MR) is 80.1 cm³/mol. The highest BCUT2D eigenvalue weighted by atomic mass is 16.4. The van der Waals surface area contributed by atoms with Crippen molar-refractivity contribution in [2.45, 2.75) is 32.4 Å². The lowest BCUT2D eigenvalue weighted by atomic mass is 10.1. The Morgan fingerprint density at radius 2 is 2.10 bits per heavy atom. The summed E-state index contributed by atoms with van der Waals surface area (Å²) in [5.74, 6) is -0.996. The third kappa shape index (κ3) is 4.65. The monoisotopic (exact) mass is 285 g/mol. The van der Waals surface area contributed by atoms with E-state index in [0.717, 1.165) is 12.8 Å². The molecule has 0 fully saturated rings. The second kappa shape index (κ2) is 7.50. The predicted octanol–water partition coefficient (Wildman–Crippen LogP) is 2.29. The van der Waals surface area contributed by atoms with Crippen molar-refractivity contribution in [3.05, 3.63) is 59.7 Å². The SMILES string of the molecule is CC(CCc1ccccc1)NCc1ncncc1C(=O)O. The lowest BCUT2D eigenvalue weighted by Gasteiger charge is -2.14. The van der Waals surface area contributed by atoms with E-state index in [0.29, 0.717) is 12.2 Å². The van der Waals surface area contributed by atoms with Gasteiger partial charge in [-0.05, 0) is 25.3 Å². The van der Waals surface area contributed by atoms with Gasteiger partial charge in [-0.25, -0.2) is 14.8 Å². The smallest absolute Gasteiger partial charge is 0.339 e. The Bertz CT molecular complexity index is 587. The number of aromatic carboxylic acids is 1. The molecule has 1 heterocycles. The van der Waals surface area contributed by atoms with Gasteiger partial charge in [-0.1, -0.05) is 30.3 Å². The first kappa shape index (κ1) is 15.1. The minimum absolute atomic E-state index is 0.153. The normalized spacial score (nSPS) is 12.0. The average Bonchev–Trinajstić information content (AvgIpc) is 2.52. The molecule has 1 aromatic heterocycles. The van der Waals surface area contributed by atoms with Gasteiger partial charge < -0.3 is 10.4 Å². The topological polar surface area (TPSA) is 75.1 Å². The standard InChI is InChI=1S/C16H19N3O2/c1-12(7-8-13-5-3-2-4-6-13)18-10-15-14(16(20)21)9-17-11-19-15/h2-6,9,11-12,18H,7-8,10H2,1H3,(H,20,21). The molecule has 0 saturated heterocycles. The number of aryl methyl sites for hydroxylation is 1. The molecule has 0 radical (unpaired) electrons. The van der Waals surface area contributed by atoms with Crippen LogP contribution in [-0.2, 0) is 13.0 Å². The minimum atomic E-state index is -0.996. The fourth-order valence-corrected chi connectivity index (χ4v) is 2.08. The van der Waals surface area contributed by atoms with Crippen LogP contribution < -0.4 is 5.32 Å². The second-order valence-corrected chi connectivity index (χ2v) is 4.99. The van der Waals surface area contributed by atoms with E-state index in [9.17, 15) is 4.79 Å². The van der Waals surface area contributed by atoms with E-state index in [1.807, 2.05) is 18.2 Å². The van der Waals surface area contributed by atoms with Crippen molar-refractivity contribution < 1.29 is 9.90 Å². The van der Waals surface area contributed by atoms with E-state index >= 15 is 0 Å². The minimum Gasteiger partial charge on any atom is -0.478 e. The average molecular weight is 285 g/mol. The molecular formula is C16H19N3O2. The Kier molecular flexibility index (Phi) is 5.40. The number of aromatic nitrogens is 2. The molecule has 0 aliphatic carbocycles. The maximum Gasteiger partial charge on any atom is 0.339 e. The number of carbonyl (C=O) groups is 1. The molecule has 5 nitrogen and oxygen atoms in total. The Morgan fingerprint density at radius 1 is 1.33 bits per heavy atom. The van der Waals surface area contributed by atoms with Gasteiger partial charge in [0.25, 0.3) is 0 Å². The molecule has 2 aromatic rings. The molecule has 0 amide bonds. The molecule has 1 aromatic carbocycles. The van der Waals surface area contributed by atoms with E-state index in [2.05, 4.69) is 34.3 Å². The number of benzene rings is 1. The van der Waals surface area contributed by atoms with Gasteiger partial charge in [0.2, 0.25) is 0 Å². The third-order valence-corrected chi connectivity index (χ3v) is 3.35. The zero-order valence-corrected chi connectivity index (χ0v) is 12.0. The van der Waals surface area contributed by atoms with E-state index in [1.54, 1.807) is 0 Å². The van der Waals surface area contributed by atoms with Crippen LogP contribution in [0.4, 0.5) is 0 Å². The molecule has 2 rings (SSSR count). The molecule has 2 N–H and O–H groups in total. The van der Waals surface area contributed by atoms with Crippen molar-refractivity contribution in [1.82, 2.24) is 15.3 Å². The summed E-state index contributed by atoms with van der Waals surface area (Å²) >= 11 is 0. The Hall–Kier alpha value is -2.27. The van der Waals surface area contributed by atoms with Gasteiger partial charge in [-0.3, -0.25) is 0 Å². The second-order valence-electron chi connectivity index (χ2n) is 4.99. The van der Waals surface area contributed by atoms with Gasteiger partial charge in [0.15, 0.2) is 0 Å². The molecule has 1 unspecified atom stereocenters. The van der Waals surface area contributed by atoms with Crippen LogP contribution in [0.25, 0.3) is 0 Å². The first-order valence-corrected chi connectivity index (χ1v) is 6.96. The van der Waals surface area contributed by atoms with Crippen LogP contribution in [0, 0.1) is 0 Å². The number of hydrogen-bond acceptors (Lipinski definition) is 4. The van der Waals surface area contributed by atoms with Gasteiger partial charge in [0.1, 0.15) is 11.9 Å². The van der Waals surface area contributed by atoms with Gasteiger partial charge in [0, 0.05) is 18.8 Å². The van der Waals surface area contributed by atoms with Crippen LogP contribution in [0.2, 0.25) is 0 Å². The quantitative estimate of drug-likeness (QED) is 0.816. The Balaban J connectivity index is 1.84. The molecule has 5 heteroatoms. The van der Waals surface area contributed by atoms with Crippen LogP contribution in [-0.4, -0.2) is 27.1 Å². The summed E-state index contributed by atoms with van der Waals surface area (Å²) in [5.41, 5.74) is 1.98. The molecular weight excluding hydrogens is 266 g/mol. The summed E-state index contributed by atoms with van der Waals surface area (Å²) < 4.78 is 0. The summed E-state index contributed by atoms with van der Waals surface area (Å²) in [4.78, 5) is 18.9. The van der Waals surface area contributed by atoms with Crippen LogP contribution >= 0.6 is 0 Å². The number of nitrogens with zero attached hydrogens (tertiary/aromatic N) is 2. The molecule has 0 bridgehead atoms. The number of carboxylic acids is 1. The maximum atomic E-state index is 11.1. The lowest BCUT2D eigenvalue weighted by molar-refractivity contribution is 0.0694. The highest BCUT2D eigenvalue weighted by molar-refractivity contribution is 5.88. The van der Waals surface area contributed by atoms with Crippen LogP contribution in [0.1, 0.15) is 35.0 Å². The summed E-state index contributed by atoms with van der Waals surface area (Å²) in [7, 11) is 0. The van der Waals surface area contributed by atoms with Gasteiger partial charge in [-0.2, -0.15) is 0 Å². The third-order valence-electron chi connectivity index (χ3n) is 3.35. The van der Waals surface area contributed by atoms with Crippen LogP contribution in [0.15, 0.2) is 42.9 Å². The number of carboxylic acid groups (broad SMARTS) is 1. The molecule has 1 atom stereocenters. The lowest BCUT2D eigenvalue weighted by Crippen LogP contribution is -2.27. The fraction of sp³-hybridized carbons (Fsp3) is 0.312. The van der Waals surface area contributed by atoms with Crippen molar-refractivity contribution >= 4 is 5.97 Å². The van der Waals surface area contributed by atoms with E-state index in [-0.39, 0.29) is 11.6 Å². The van der Waals surface area contributed by atoms with E-state index < -0.39 is 5.97 Å². The summed E-state index contributed by atoms with van der Waals surface area (Å²) in [6, 6.07) is 10.6. The van der Waals surface area contributed by atoms with Gasteiger partial charge in [-0.15, -0.1) is 0 Å². The van der Waals surface area contributed by atoms with E-state index in [4.69, 9.17) is 5.11 Å². The van der Waals surface area contributed by atoms with Gasteiger partial charge in [0.05, 0.1) is 5.69 Å². The van der Waals surface area contributed by atoms with Crippen molar-refractivity contribution in [3.63, 3.8) is 0 Å². The Morgan fingerprint density at radius 3 is 2.81 bits per heavy atom. The van der Waals surface area contributed by atoms with Crippen molar-refractivity contribution in [1.29, 1.82) is 0 Å². The maximum absolute atomic E-state index is 11.1. The van der Waals surface area contributed by atoms with E-state index in [1.165, 1.54) is 18.1 Å². The summed E-state index contributed by atoms with van der Waals surface area (Å²) in [5, 5.41) is 12.4. The van der Waals surface area contributed by atoms with Crippen LogP contribution in [0.5, 0.6) is 0 Å². The highest BCUT2D eigenvalue weighted by Crippen LogP contribution is 2.07. The molecule has 0 spiro atoms. The number of rotatable bonds is 7. The van der Waals surface area contributed by atoms with Gasteiger partial charge >= 0.3 is 5.97 Å². The molecule has 0 aliphatic rings. The molecule has 110 valence electrons. The first-order valence-electron chi connectivity index (χ1n) is 6.96. The zero-order chi connectivity index (χ0) is 15.1. The molecule has 21 heavy (non-hydrogen) atoms. The van der Waals surface area contributed by atoms with Crippen molar-refractivity contribution in [3.8, 4) is 0 Å². The molecule has 0 saturated carbocycles. The zero-order valence-electron chi connectivity index (χ0n) is 12.0. The van der Waals surface area contributed by atoms with Crippen molar-refractivity contribution in [2.24, 2.45) is 0 Å². The number of hydrogen-bond donors (Lipinski definition) is 2. The fourth-order valence-electron chi connectivity index (χ4n) is 2.08. The summed E-state index contributed by atoms with van der Waals surface area (Å²) in [6.45, 7) is 2.52. The first-order chi connectivity index (χ1) is 10.2.